The first-order valence-electron chi connectivity index (χ1n) is 9.48. The van der Waals surface area contributed by atoms with Gasteiger partial charge < -0.3 is 10.6 Å². The first-order chi connectivity index (χ1) is 14.5. The zero-order chi connectivity index (χ0) is 21.5. The van der Waals surface area contributed by atoms with Crippen LogP contribution in [-0.4, -0.2) is 29.2 Å². The predicted molar refractivity (Wildman–Crippen MR) is 122 cm³/mol. The predicted octanol–water partition coefficient (Wildman–Crippen LogP) is 3.94. The third kappa shape index (κ3) is 5.30. The van der Waals surface area contributed by atoms with E-state index in [4.69, 9.17) is 0 Å². The van der Waals surface area contributed by atoms with E-state index < -0.39 is 0 Å². The summed E-state index contributed by atoms with van der Waals surface area (Å²) in [4.78, 5) is 28.5. The minimum atomic E-state index is -0.204. The van der Waals surface area contributed by atoms with E-state index in [-0.39, 0.29) is 11.8 Å². The molecule has 0 unspecified atom stereocenters. The third-order valence-corrected chi connectivity index (χ3v) is 4.88. The Kier molecular flexibility index (Phi) is 6.92. The first kappa shape index (κ1) is 21.2. The summed E-state index contributed by atoms with van der Waals surface area (Å²) in [5.41, 5.74) is 3.71. The lowest BCUT2D eigenvalue weighted by molar-refractivity contribution is -0.115. The van der Waals surface area contributed by atoms with Gasteiger partial charge >= 0.3 is 0 Å². The van der Waals surface area contributed by atoms with E-state index in [1.54, 1.807) is 23.0 Å². The number of carbonyl (C=O) groups is 2. The van der Waals surface area contributed by atoms with Crippen LogP contribution in [0.25, 0.3) is 11.3 Å². The summed E-state index contributed by atoms with van der Waals surface area (Å²) in [7, 11) is 0. The summed E-state index contributed by atoms with van der Waals surface area (Å²) in [6.07, 6.45) is 1.77. The van der Waals surface area contributed by atoms with Gasteiger partial charge in [0, 0.05) is 37.0 Å². The molecule has 2 amide bonds. The molecule has 0 saturated heterocycles. The molecular weight excluding hydrogens is 398 g/mol. The van der Waals surface area contributed by atoms with Crippen molar-refractivity contribution in [3.05, 3.63) is 64.3 Å². The third-order valence-electron chi connectivity index (χ3n) is 4.03. The highest BCUT2D eigenvalue weighted by atomic mass is 32.1. The summed E-state index contributed by atoms with van der Waals surface area (Å²) < 4.78 is 1.76. The Morgan fingerprint density at radius 2 is 1.80 bits per heavy atom. The maximum Gasteiger partial charge on any atom is 0.221 e. The van der Waals surface area contributed by atoms with Crippen LogP contribution in [0.15, 0.2) is 64.0 Å². The molecule has 0 fully saturated rings. The number of nitrogens with zero attached hydrogens (tertiary/aromatic N) is 3. The maximum atomic E-state index is 11.8. The van der Waals surface area contributed by atoms with Crippen molar-refractivity contribution in [1.82, 2.24) is 4.68 Å². The summed E-state index contributed by atoms with van der Waals surface area (Å²) >= 11 is 1.47. The topological polar surface area (TPSA) is 87.9 Å². The van der Waals surface area contributed by atoms with Gasteiger partial charge in [0.1, 0.15) is 0 Å². The van der Waals surface area contributed by atoms with E-state index in [0.29, 0.717) is 17.9 Å². The molecule has 30 heavy (non-hydrogen) atoms. The molecule has 0 saturated carbocycles. The highest BCUT2D eigenvalue weighted by Gasteiger charge is 2.14. The molecule has 7 nitrogen and oxygen atoms in total. The van der Waals surface area contributed by atoms with Crippen LogP contribution in [0.1, 0.15) is 26.3 Å². The standard InChI is InChI=1S/C22H23N5O2S/c1-4-23-22-27(24-13-17-8-6-5-7-9-17)21(14-30-22)19-11-10-18(25-15(2)28)12-20(19)26-16(3)29/h5-14H,4H2,1-3H3,(H,25,28)(H,26,29)/b23-22?,24-13-. The molecule has 0 bridgehead atoms. The van der Waals surface area contributed by atoms with E-state index in [1.807, 2.05) is 48.7 Å². The minimum Gasteiger partial charge on any atom is -0.326 e. The smallest absolute Gasteiger partial charge is 0.221 e. The van der Waals surface area contributed by atoms with Crippen LogP contribution in [0.3, 0.4) is 0 Å². The van der Waals surface area contributed by atoms with Crippen molar-refractivity contribution in [3.63, 3.8) is 0 Å². The van der Waals surface area contributed by atoms with Gasteiger partial charge in [0.05, 0.1) is 17.6 Å². The van der Waals surface area contributed by atoms with Crippen molar-refractivity contribution in [2.45, 2.75) is 20.8 Å². The fourth-order valence-electron chi connectivity index (χ4n) is 2.85. The lowest BCUT2D eigenvalue weighted by Gasteiger charge is -2.13. The van der Waals surface area contributed by atoms with E-state index in [2.05, 4.69) is 20.7 Å². The number of rotatable bonds is 6. The van der Waals surface area contributed by atoms with Gasteiger partial charge in [-0.2, -0.15) is 5.10 Å². The molecule has 2 N–H and O–H groups in total. The monoisotopic (exact) mass is 421 g/mol. The van der Waals surface area contributed by atoms with Gasteiger partial charge in [-0.15, -0.1) is 11.3 Å². The van der Waals surface area contributed by atoms with Crippen LogP contribution < -0.4 is 15.4 Å². The first-order valence-corrected chi connectivity index (χ1v) is 10.4. The van der Waals surface area contributed by atoms with Crippen molar-refractivity contribution < 1.29 is 9.59 Å². The Morgan fingerprint density at radius 3 is 2.47 bits per heavy atom. The Morgan fingerprint density at radius 1 is 1.07 bits per heavy atom. The second kappa shape index (κ2) is 9.80. The number of hydrogen-bond donors (Lipinski definition) is 2. The summed E-state index contributed by atoms with van der Waals surface area (Å²) in [6.45, 7) is 5.48. The van der Waals surface area contributed by atoms with Gasteiger partial charge in [0.2, 0.25) is 16.6 Å². The quantitative estimate of drug-likeness (QED) is 0.591. The molecule has 3 aromatic rings. The molecule has 154 valence electrons. The van der Waals surface area contributed by atoms with Gasteiger partial charge in [-0.05, 0) is 30.7 Å². The largest absolute Gasteiger partial charge is 0.326 e. The molecule has 0 aliphatic carbocycles. The van der Waals surface area contributed by atoms with Crippen molar-refractivity contribution >= 4 is 40.7 Å². The van der Waals surface area contributed by atoms with Crippen LogP contribution in [0.5, 0.6) is 0 Å². The molecule has 1 heterocycles. The average Bonchev–Trinajstić information content (AvgIpc) is 3.09. The van der Waals surface area contributed by atoms with Gasteiger partial charge in [-0.25, -0.2) is 4.68 Å². The highest BCUT2D eigenvalue weighted by Crippen LogP contribution is 2.31. The number of benzene rings is 2. The van der Waals surface area contributed by atoms with E-state index in [9.17, 15) is 9.59 Å². The van der Waals surface area contributed by atoms with Crippen molar-refractivity contribution in [1.29, 1.82) is 0 Å². The summed E-state index contributed by atoms with van der Waals surface area (Å²) in [5.74, 6) is -0.386. The lowest BCUT2D eigenvalue weighted by atomic mass is 10.1. The number of hydrogen-bond acceptors (Lipinski definition) is 5. The molecule has 8 heteroatoms. The van der Waals surface area contributed by atoms with Gasteiger partial charge in [0.25, 0.3) is 0 Å². The van der Waals surface area contributed by atoms with Crippen LogP contribution in [0.2, 0.25) is 0 Å². The molecule has 0 aliphatic rings. The lowest BCUT2D eigenvalue weighted by Crippen LogP contribution is -2.14. The summed E-state index contributed by atoms with van der Waals surface area (Å²) in [5, 5.41) is 12.2. The number of anilines is 2. The zero-order valence-electron chi connectivity index (χ0n) is 17.0. The molecule has 2 aromatic carbocycles. The van der Waals surface area contributed by atoms with Crippen molar-refractivity contribution in [2.24, 2.45) is 10.1 Å². The average molecular weight is 422 g/mol. The second-order valence-electron chi connectivity index (χ2n) is 6.47. The second-order valence-corrected chi connectivity index (χ2v) is 7.30. The van der Waals surface area contributed by atoms with Crippen LogP contribution in [0.4, 0.5) is 11.4 Å². The number of nitrogens with one attached hydrogen (secondary N) is 2. The number of carbonyl (C=O) groups excluding carboxylic acids is 2. The minimum absolute atomic E-state index is 0.182. The number of aromatic nitrogens is 1. The number of thiazole rings is 1. The van der Waals surface area contributed by atoms with Crippen LogP contribution in [0, 0.1) is 0 Å². The van der Waals surface area contributed by atoms with E-state index in [0.717, 1.165) is 21.6 Å². The molecule has 0 spiro atoms. The SMILES string of the molecule is CCN=c1scc(-c2ccc(NC(C)=O)cc2NC(C)=O)n1/N=C\c1ccccc1. The van der Waals surface area contributed by atoms with Crippen molar-refractivity contribution in [3.8, 4) is 11.3 Å². The molecule has 0 atom stereocenters. The van der Waals surface area contributed by atoms with E-state index in [1.165, 1.54) is 25.2 Å². The number of amides is 2. The Labute approximate surface area is 178 Å². The van der Waals surface area contributed by atoms with Gasteiger partial charge in [-0.3, -0.25) is 14.6 Å². The zero-order valence-corrected chi connectivity index (χ0v) is 17.9. The van der Waals surface area contributed by atoms with E-state index >= 15 is 0 Å². The maximum absolute atomic E-state index is 11.8. The fraction of sp³-hybridized carbons (Fsp3) is 0.182. The van der Waals surface area contributed by atoms with Crippen molar-refractivity contribution in [2.75, 3.05) is 17.2 Å². The molecular formula is C22H23N5O2S. The van der Waals surface area contributed by atoms with Gasteiger partial charge in [-0.1, -0.05) is 30.3 Å². The fourth-order valence-corrected chi connectivity index (χ4v) is 3.74. The highest BCUT2D eigenvalue weighted by molar-refractivity contribution is 7.07. The molecule has 0 aliphatic heterocycles. The molecule has 3 rings (SSSR count). The Bertz CT molecular complexity index is 1150. The summed E-state index contributed by atoms with van der Waals surface area (Å²) in [6, 6.07) is 15.2. The van der Waals surface area contributed by atoms with Crippen LogP contribution in [-0.2, 0) is 9.59 Å². The normalized spacial score (nSPS) is 11.6. The molecule has 1 aromatic heterocycles. The van der Waals surface area contributed by atoms with Gasteiger partial charge in [0.15, 0.2) is 0 Å². The Balaban J connectivity index is 2.13. The Hall–Kier alpha value is -3.52. The molecule has 0 radical (unpaired) electrons. The van der Waals surface area contributed by atoms with Crippen LogP contribution >= 0.6 is 11.3 Å².